The summed E-state index contributed by atoms with van der Waals surface area (Å²) in [5.74, 6) is 0.174. The van der Waals surface area contributed by atoms with Crippen molar-refractivity contribution in [2.24, 2.45) is 0 Å². The van der Waals surface area contributed by atoms with Gasteiger partial charge in [-0.15, -0.1) is 0 Å². The van der Waals surface area contributed by atoms with E-state index in [1.807, 2.05) is 35.4 Å². The van der Waals surface area contributed by atoms with Crippen LogP contribution in [0.3, 0.4) is 0 Å². The largest absolute Gasteiger partial charge is 0.334 e. The van der Waals surface area contributed by atoms with Gasteiger partial charge in [-0.1, -0.05) is 29.8 Å². The van der Waals surface area contributed by atoms with E-state index in [4.69, 9.17) is 0 Å². The SMILES string of the molecule is Cc1cccc(CC(=O)N2CCCC2c2[nH]ncc2-c2ccncc2)c1. The van der Waals surface area contributed by atoms with Crippen LogP contribution in [0.15, 0.2) is 55.0 Å². The molecular weight excluding hydrogens is 324 g/mol. The van der Waals surface area contributed by atoms with Gasteiger partial charge in [-0.2, -0.15) is 5.10 Å². The van der Waals surface area contributed by atoms with E-state index in [0.29, 0.717) is 6.42 Å². The molecule has 1 aromatic carbocycles. The maximum atomic E-state index is 13.0. The minimum absolute atomic E-state index is 0.0537. The number of hydrogen-bond donors (Lipinski definition) is 1. The molecular formula is C21H22N4O. The van der Waals surface area contributed by atoms with Crippen LogP contribution in [-0.2, 0) is 11.2 Å². The summed E-state index contributed by atoms with van der Waals surface area (Å²) in [6.07, 6.45) is 7.81. The van der Waals surface area contributed by atoms with Crippen molar-refractivity contribution in [2.45, 2.75) is 32.2 Å². The Labute approximate surface area is 153 Å². The first-order valence-corrected chi connectivity index (χ1v) is 9.01. The number of pyridine rings is 1. The van der Waals surface area contributed by atoms with Gasteiger partial charge in [0.1, 0.15) is 0 Å². The van der Waals surface area contributed by atoms with Crippen LogP contribution in [0.4, 0.5) is 0 Å². The smallest absolute Gasteiger partial charge is 0.227 e. The average Bonchev–Trinajstić information content (AvgIpc) is 3.31. The zero-order chi connectivity index (χ0) is 17.9. The zero-order valence-electron chi connectivity index (χ0n) is 14.9. The number of H-pyrrole nitrogens is 1. The Morgan fingerprint density at radius 2 is 2.12 bits per heavy atom. The third-order valence-electron chi connectivity index (χ3n) is 5.00. The number of likely N-dealkylation sites (tertiary alicyclic amines) is 1. The fraction of sp³-hybridized carbons (Fsp3) is 0.286. The van der Waals surface area contributed by atoms with E-state index >= 15 is 0 Å². The van der Waals surface area contributed by atoms with Crippen LogP contribution in [-0.4, -0.2) is 32.5 Å². The fourth-order valence-corrected chi connectivity index (χ4v) is 3.78. The minimum Gasteiger partial charge on any atom is -0.334 e. The van der Waals surface area contributed by atoms with Crippen molar-refractivity contribution in [2.75, 3.05) is 6.54 Å². The van der Waals surface area contributed by atoms with Crippen molar-refractivity contribution in [3.05, 3.63) is 71.8 Å². The lowest BCUT2D eigenvalue weighted by molar-refractivity contribution is -0.131. The van der Waals surface area contributed by atoms with Crippen molar-refractivity contribution < 1.29 is 4.79 Å². The number of rotatable bonds is 4. The van der Waals surface area contributed by atoms with E-state index in [0.717, 1.165) is 41.8 Å². The number of aryl methyl sites for hydroxylation is 1. The summed E-state index contributed by atoms with van der Waals surface area (Å²) in [6.45, 7) is 2.85. The van der Waals surface area contributed by atoms with Gasteiger partial charge in [0.2, 0.25) is 5.91 Å². The number of amides is 1. The van der Waals surface area contributed by atoms with Gasteiger partial charge in [0.15, 0.2) is 0 Å². The number of carbonyl (C=O) groups excluding carboxylic acids is 1. The van der Waals surface area contributed by atoms with Crippen molar-refractivity contribution in [3.8, 4) is 11.1 Å². The monoisotopic (exact) mass is 346 g/mol. The maximum absolute atomic E-state index is 13.0. The van der Waals surface area contributed by atoms with Crippen LogP contribution in [0.5, 0.6) is 0 Å². The Morgan fingerprint density at radius 3 is 2.92 bits per heavy atom. The Morgan fingerprint density at radius 1 is 1.27 bits per heavy atom. The molecule has 1 saturated heterocycles. The lowest BCUT2D eigenvalue weighted by atomic mass is 10.0. The van der Waals surface area contributed by atoms with E-state index in [9.17, 15) is 4.79 Å². The van der Waals surface area contributed by atoms with Crippen LogP contribution in [0.25, 0.3) is 11.1 Å². The summed E-state index contributed by atoms with van der Waals surface area (Å²) >= 11 is 0. The van der Waals surface area contributed by atoms with Gasteiger partial charge in [-0.25, -0.2) is 0 Å². The molecule has 0 saturated carbocycles. The van der Waals surface area contributed by atoms with Crippen molar-refractivity contribution in [1.29, 1.82) is 0 Å². The number of carbonyl (C=O) groups is 1. The van der Waals surface area contributed by atoms with Crippen LogP contribution >= 0.6 is 0 Å². The Bertz CT molecular complexity index is 903. The minimum atomic E-state index is 0.0537. The maximum Gasteiger partial charge on any atom is 0.227 e. The summed E-state index contributed by atoms with van der Waals surface area (Å²) in [5, 5.41) is 7.39. The van der Waals surface area contributed by atoms with Crippen molar-refractivity contribution in [1.82, 2.24) is 20.1 Å². The molecule has 1 unspecified atom stereocenters. The highest BCUT2D eigenvalue weighted by atomic mass is 16.2. The average molecular weight is 346 g/mol. The predicted octanol–water partition coefficient (Wildman–Crippen LogP) is 3.69. The van der Waals surface area contributed by atoms with Gasteiger partial charge in [-0.3, -0.25) is 14.9 Å². The molecule has 3 aromatic rings. The van der Waals surface area contributed by atoms with E-state index < -0.39 is 0 Å². The second kappa shape index (κ2) is 7.12. The third-order valence-corrected chi connectivity index (χ3v) is 5.00. The van der Waals surface area contributed by atoms with E-state index in [-0.39, 0.29) is 11.9 Å². The molecule has 1 amide bonds. The van der Waals surface area contributed by atoms with Gasteiger partial charge in [0, 0.05) is 24.5 Å². The molecule has 2 aromatic heterocycles. The predicted molar refractivity (Wildman–Crippen MR) is 100 cm³/mol. The molecule has 0 spiro atoms. The molecule has 1 aliphatic rings. The molecule has 5 nitrogen and oxygen atoms in total. The van der Waals surface area contributed by atoms with Crippen LogP contribution in [0.1, 0.15) is 35.7 Å². The van der Waals surface area contributed by atoms with Crippen molar-refractivity contribution in [3.63, 3.8) is 0 Å². The normalized spacial score (nSPS) is 16.8. The standard InChI is InChI=1S/C21H22N4O/c1-15-4-2-5-16(12-15)13-20(26)25-11-3-6-19(25)21-18(14-23-24-21)17-7-9-22-10-8-17/h2,4-5,7-10,12,14,19H,3,6,11,13H2,1H3,(H,23,24). The number of nitrogens with one attached hydrogen (secondary N) is 1. The van der Waals surface area contributed by atoms with E-state index in [2.05, 4.69) is 34.2 Å². The molecule has 3 heterocycles. The van der Waals surface area contributed by atoms with Crippen molar-refractivity contribution >= 4 is 5.91 Å². The highest BCUT2D eigenvalue weighted by Crippen LogP contribution is 2.36. The zero-order valence-corrected chi connectivity index (χ0v) is 14.9. The number of aromatic amines is 1. The summed E-state index contributed by atoms with van der Waals surface area (Å²) in [5.41, 5.74) is 5.39. The van der Waals surface area contributed by atoms with Crippen LogP contribution in [0, 0.1) is 6.92 Å². The van der Waals surface area contributed by atoms with Gasteiger partial charge in [0.25, 0.3) is 0 Å². The molecule has 0 bridgehead atoms. The quantitative estimate of drug-likeness (QED) is 0.784. The van der Waals surface area contributed by atoms with Crippen LogP contribution in [0.2, 0.25) is 0 Å². The molecule has 0 aliphatic carbocycles. The lowest BCUT2D eigenvalue weighted by Crippen LogP contribution is -2.32. The third kappa shape index (κ3) is 3.25. The molecule has 1 atom stereocenters. The van der Waals surface area contributed by atoms with Crippen LogP contribution < -0.4 is 0 Å². The first kappa shape index (κ1) is 16.5. The molecule has 1 aliphatic heterocycles. The Balaban J connectivity index is 1.58. The molecule has 1 fully saturated rings. The van der Waals surface area contributed by atoms with E-state index in [1.54, 1.807) is 12.4 Å². The van der Waals surface area contributed by atoms with E-state index in [1.165, 1.54) is 5.56 Å². The number of aromatic nitrogens is 3. The molecule has 132 valence electrons. The number of hydrogen-bond acceptors (Lipinski definition) is 3. The van der Waals surface area contributed by atoms with Gasteiger partial charge in [-0.05, 0) is 43.0 Å². The molecule has 26 heavy (non-hydrogen) atoms. The Hall–Kier alpha value is -2.95. The highest BCUT2D eigenvalue weighted by Gasteiger charge is 2.32. The second-order valence-electron chi connectivity index (χ2n) is 6.84. The van der Waals surface area contributed by atoms with Gasteiger partial charge in [0.05, 0.1) is 24.4 Å². The molecule has 1 N–H and O–H groups in total. The first-order chi connectivity index (χ1) is 12.7. The summed E-state index contributed by atoms with van der Waals surface area (Å²) in [6, 6.07) is 12.2. The molecule has 0 radical (unpaired) electrons. The van der Waals surface area contributed by atoms with Gasteiger partial charge < -0.3 is 4.90 Å². The Kier molecular flexibility index (Phi) is 4.52. The first-order valence-electron chi connectivity index (χ1n) is 9.01. The second-order valence-corrected chi connectivity index (χ2v) is 6.84. The summed E-state index contributed by atoms with van der Waals surface area (Å²) < 4.78 is 0. The number of benzene rings is 1. The summed E-state index contributed by atoms with van der Waals surface area (Å²) in [7, 11) is 0. The van der Waals surface area contributed by atoms with Gasteiger partial charge >= 0.3 is 0 Å². The molecule has 4 rings (SSSR count). The fourth-order valence-electron chi connectivity index (χ4n) is 3.78. The molecule has 5 heteroatoms. The number of nitrogens with zero attached hydrogens (tertiary/aromatic N) is 3. The highest BCUT2D eigenvalue weighted by molar-refractivity contribution is 5.80. The lowest BCUT2D eigenvalue weighted by Gasteiger charge is -2.25. The summed E-state index contributed by atoms with van der Waals surface area (Å²) in [4.78, 5) is 19.0. The topological polar surface area (TPSA) is 61.9 Å².